The number of nitrogens with zero attached hydrogens (tertiary/aromatic N) is 1. The van der Waals surface area contributed by atoms with Gasteiger partial charge in [0.2, 0.25) is 0 Å². The summed E-state index contributed by atoms with van der Waals surface area (Å²) in [7, 11) is 0. The van der Waals surface area contributed by atoms with Gasteiger partial charge < -0.3 is 0 Å². The molecule has 1 aromatic carbocycles. The molecule has 1 aromatic heterocycles. The predicted octanol–water partition coefficient (Wildman–Crippen LogP) is 4.84. The third-order valence-electron chi connectivity index (χ3n) is 2.87. The van der Waals surface area contributed by atoms with Gasteiger partial charge in [0.25, 0.3) is 0 Å². The van der Waals surface area contributed by atoms with Crippen LogP contribution in [-0.4, -0.2) is 4.98 Å². The van der Waals surface area contributed by atoms with Crippen LogP contribution in [0, 0.1) is 18.6 Å². The van der Waals surface area contributed by atoms with Crippen LogP contribution in [0.2, 0.25) is 5.02 Å². The van der Waals surface area contributed by atoms with Crippen molar-refractivity contribution in [3.05, 3.63) is 63.9 Å². The molecule has 19 heavy (non-hydrogen) atoms. The molecule has 0 aliphatic rings. The summed E-state index contributed by atoms with van der Waals surface area (Å²) in [6.45, 7) is 1.57. The lowest BCUT2D eigenvalue weighted by Crippen LogP contribution is -2.02. The van der Waals surface area contributed by atoms with Gasteiger partial charge >= 0.3 is 0 Å². The summed E-state index contributed by atoms with van der Waals surface area (Å²) < 4.78 is 26.9. The highest BCUT2D eigenvalue weighted by molar-refractivity contribution is 6.31. The van der Waals surface area contributed by atoms with Gasteiger partial charge in [0.05, 0.1) is 10.4 Å². The van der Waals surface area contributed by atoms with Crippen LogP contribution in [0.25, 0.3) is 0 Å². The van der Waals surface area contributed by atoms with Crippen LogP contribution in [0.3, 0.4) is 0 Å². The van der Waals surface area contributed by atoms with Gasteiger partial charge in [-0.3, -0.25) is 4.98 Å². The Labute approximate surface area is 120 Å². The second-order valence-corrected chi connectivity index (χ2v) is 5.20. The average Bonchev–Trinajstić information content (AvgIpc) is 2.36. The molecule has 0 bridgehead atoms. The van der Waals surface area contributed by atoms with Crippen LogP contribution >= 0.6 is 23.2 Å². The van der Waals surface area contributed by atoms with Crippen molar-refractivity contribution in [1.82, 2.24) is 4.98 Å². The van der Waals surface area contributed by atoms with Crippen molar-refractivity contribution in [3.63, 3.8) is 0 Å². The first-order valence-corrected chi connectivity index (χ1v) is 6.48. The number of pyridine rings is 1. The lowest BCUT2D eigenvalue weighted by atomic mass is 10.0. The van der Waals surface area contributed by atoms with Crippen molar-refractivity contribution in [3.8, 4) is 0 Å². The molecule has 100 valence electrons. The molecule has 0 amide bonds. The highest BCUT2D eigenvalue weighted by atomic mass is 35.5. The minimum Gasteiger partial charge on any atom is -0.263 e. The van der Waals surface area contributed by atoms with E-state index in [1.165, 1.54) is 12.3 Å². The van der Waals surface area contributed by atoms with E-state index in [2.05, 4.69) is 4.98 Å². The Balaban J connectivity index is 2.28. The van der Waals surface area contributed by atoms with Crippen LogP contribution in [0.1, 0.15) is 22.1 Å². The van der Waals surface area contributed by atoms with Gasteiger partial charge in [-0.25, -0.2) is 8.78 Å². The van der Waals surface area contributed by atoms with Crippen molar-refractivity contribution in [1.29, 1.82) is 0 Å². The molecular formula is C14H11Cl2F2N. The molecule has 0 aliphatic heterocycles. The molecule has 0 saturated carbocycles. The number of hydrogen-bond acceptors (Lipinski definition) is 1. The largest absolute Gasteiger partial charge is 0.263 e. The molecule has 5 heteroatoms. The number of aryl methyl sites for hydroxylation is 1. The fourth-order valence-electron chi connectivity index (χ4n) is 1.79. The van der Waals surface area contributed by atoms with Crippen LogP contribution < -0.4 is 0 Å². The molecule has 2 aromatic rings. The maximum absolute atomic E-state index is 13.7. The lowest BCUT2D eigenvalue weighted by Gasteiger charge is -2.13. The molecule has 0 radical (unpaired) electrons. The lowest BCUT2D eigenvalue weighted by molar-refractivity contribution is 0.564. The maximum Gasteiger partial charge on any atom is 0.130 e. The number of aromatic nitrogens is 1. The Morgan fingerprint density at radius 1 is 1.26 bits per heavy atom. The van der Waals surface area contributed by atoms with Crippen LogP contribution in [-0.2, 0) is 6.42 Å². The molecule has 0 spiro atoms. The summed E-state index contributed by atoms with van der Waals surface area (Å²) in [4.78, 5) is 3.87. The smallest absolute Gasteiger partial charge is 0.130 e. The van der Waals surface area contributed by atoms with Gasteiger partial charge in [-0.05, 0) is 36.6 Å². The molecule has 1 atom stereocenters. The Morgan fingerprint density at radius 2 is 2.00 bits per heavy atom. The summed E-state index contributed by atoms with van der Waals surface area (Å²) in [6.07, 6.45) is 3.45. The van der Waals surface area contributed by atoms with Gasteiger partial charge in [0, 0.05) is 24.0 Å². The van der Waals surface area contributed by atoms with E-state index >= 15 is 0 Å². The van der Waals surface area contributed by atoms with E-state index < -0.39 is 17.0 Å². The van der Waals surface area contributed by atoms with E-state index in [1.54, 1.807) is 19.2 Å². The van der Waals surface area contributed by atoms with Crippen molar-refractivity contribution in [2.24, 2.45) is 0 Å². The number of benzene rings is 1. The molecule has 0 N–H and O–H groups in total. The zero-order chi connectivity index (χ0) is 14.0. The highest BCUT2D eigenvalue weighted by Crippen LogP contribution is 2.30. The maximum atomic E-state index is 13.7. The van der Waals surface area contributed by atoms with Crippen molar-refractivity contribution in [2.45, 2.75) is 18.7 Å². The Hall–Kier alpha value is -1.19. The summed E-state index contributed by atoms with van der Waals surface area (Å²) in [5, 5.41) is -0.133. The van der Waals surface area contributed by atoms with Gasteiger partial charge in [0.15, 0.2) is 0 Å². The first-order valence-electron chi connectivity index (χ1n) is 5.67. The third-order valence-corrected chi connectivity index (χ3v) is 3.60. The fourth-order valence-corrected chi connectivity index (χ4v) is 2.32. The molecule has 1 unspecified atom stereocenters. The second kappa shape index (κ2) is 5.85. The van der Waals surface area contributed by atoms with E-state index in [-0.39, 0.29) is 5.56 Å². The highest BCUT2D eigenvalue weighted by Gasteiger charge is 2.17. The predicted molar refractivity (Wildman–Crippen MR) is 72.6 cm³/mol. The normalized spacial score (nSPS) is 12.5. The number of rotatable bonds is 3. The van der Waals surface area contributed by atoms with Gasteiger partial charge in [-0.1, -0.05) is 11.6 Å². The number of hydrogen-bond donors (Lipinski definition) is 0. The average molecular weight is 302 g/mol. The second-order valence-electron chi connectivity index (χ2n) is 4.26. The molecule has 0 aliphatic carbocycles. The van der Waals surface area contributed by atoms with Gasteiger partial charge in [-0.2, -0.15) is 0 Å². The Kier molecular flexibility index (Phi) is 4.38. The quantitative estimate of drug-likeness (QED) is 0.739. The van der Waals surface area contributed by atoms with E-state index in [0.29, 0.717) is 17.0 Å². The molecule has 0 fully saturated rings. The van der Waals surface area contributed by atoms with E-state index in [4.69, 9.17) is 23.2 Å². The Bertz CT molecular complexity index is 602. The summed E-state index contributed by atoms with van der Waals surface area (Å²) in [5.41, 5.74) is 1.41. The monoisotopic (exact) mass is 301 g/mol. The molecular weight excluding hydrogens is 291 g/mol. The van der Waals surface area contributed by atoms with E-state index in [1.807, 2.05) is 0 Å². The molecule has 0 saturated heterocycles. The van der Waals surface area contributed by atoms with E-state index in [0.717, 1.165) is 11.6 Å². The minimum atomic E-state index is -0.645. The molecule has 1 nitrogen and oxygen atoms in total. The van der Waals surface area contributed by atoms with Crippen molar-refractivity contribution in [2.75, 3.05) is 0 Å². The Morgan fingerprint density at radius 3 is 2.68 bits per heavy atom. The van der Waals surface area contributed by atoms with Crippen molar-refractivity contribution >= 4 is 23.2 Å². The first-order chi connectivity index (χ1) is 8.99. The van der Waals surface area contributed by atoms with Crippen molar-refractivity contribution < 1.29 is 8.78 Å². The fraction of sp³-hybridized carbons (Fsp3) is 0.214. The molecule has 1 heterocycles. The topological polar surface area (TPSA) is 12.9 Å². The van der Waals surface area contributed by atoms with E-state index in [9.17, 15) is 8.78 Å². The van der Waals surface area contributed by atoms with Crippen LogP contribution in [0.4, 0.5) is 8.78 Å². The number of halogens is 4. The van der Waals surface area contributed by atoms with Gasteiger partial charge in [-0.15, -0.1) is 11.6 Å². The molecule has 2 rings (SSSR count). The van der Waals surface area contributed by atoms with Crippen LogP contribution in [0.5, 0.6) is 0 Å². The van der Waals surface area contributed by atoms with Gasteiger partial charge in [0.1, 0.15) is 11.6 Å². The summed E-state index contributed by atoms with van der Waals surface area (Å²) in [6, 6.07) is 4.01. The zero-order valence-electron chi connectivity index (χ0n) is 10.1. The summed E-state index contributed by atoms with van der Waals surface area (Å²) >= 11 is 12.2. The number of alkyl halides is 1. The first kappa shape index (κ1) is 14.2. The SMILES string of the molecule is Cc1cc(C(Cl)Cc2ccncc2Cl)c(F)cc1F. The third kappa shape index (κ3) is 3.23. The summed E-state index contributed by atoms with van der Waals surface area (Å²) in [5.74, 6) is -1.22. The standard InChI is InChI=1S/C14H11Cl2F2N/c1-8-4-10(14(18)6-13(8)17)11(15)5-9-2-3-19-7-12(9)16/h2-4,6-7,11H,5H2,1H3. The van der Waals surface area contributed by atoms with Crippen LogP contribution in [0.15, 0.2) is 30.6 Å². The zero-order valence-corrected chi connectivity index (χ0v) is 11.6. The minimum absolute atomic E-state index is 0.272.